The van der Waals surface area contributed by atoms with E-state index in [9.17, 15) is 4.39 Å². The molecule has 3 N–H and O–H groups in total. The van der Waals surface area contributed by atoms with Gasteiger partial charge < -0.3 is 5.73 Å². The van der Waals surface area contributed by atoms with Crippen molar-refractivity contribution in [1.82, 2.24) is 0 Å². The Hall–Kier alpha value is -0.965. The minimum atomic E-state index is -0.414. The van der Waals surface area contributed by atoms with Gasteiger partial charge in [0.25, 0.3) is 0 Å². The SMILES string of the molecule is C=C([B]S)/C=C(\C=C(\F)CC(=N)N)CC. The third-order valence-electron chi connectivity index (χ3n) is 1.65. The van der Waals surface area contributed by atoms with E-state index >= 15 is 0 Å². The van der Waals surface area contributed by atoms with Gasteiger partial charge in [-0.25, -0.2) is 16.9 Å². The Morgan fingerprint density at radius 3 is 2.60 bits per heavy atom. The lowest BCUT2D eigenvalue weighted by Gasteiger charge is -2.00. The average molecular weight is 225 g/mol. The van der Waals surface area contributed by atoms with E-state index in [1.54, 1.807) is 12.6 Å². The van der Waals surface area contributed by atoms with E-state index < -0.39 is 5.83 Å². The zero-order valence-electron chi connectivity index (χ0n) is 8.76. The highest BCUT2D eigenvalue weighted by Gasteiger charge is 1.99. The first-order chi connectivity index (χ1) is 6.99. The minimum Gasteiger partial charge on any atom is -0.387 e. The molecule has 0 atom stereocenters. The molecule has 0 aliphatic heterocycles. The lowest BCUT2D eigenvalue weighted by atomic mass is 9.93. The second-order valence-electron chi connectivity index (χ2n) is 3.07. The Labute approximate surface area is 96.2 Å². The van der Waals surface area contributed by atoms with Crippen LogP contribution in [0.3, 0.4) is 0 Å². The van der Waals surface area contributed by atoms with Crippen molar-refractivity contribution < 1.29 is 4.39 Å². The molecule has 0 amide bonds. The van der Waals surface area contributed by atoms with Crippen molar-refractivity contribution in [2.45, 2.75) is 19.8 Å². The van der Waals surface area contributed by atoms with Gasteiger partial charge in [-0.15, -0.1) is 6.58 Å². The number of hydrogen-bond acceptors (Lipinski definition) is 2. The van der Waals surface area contributed by atoms with Crippen LogP contribution in [0, 0.1) is 5.41 Å². The molecule has 0 unspecified atom stereocenters. The quantitative estimate of drug-likeness (QED) is 0.210. The van der Waals surface area contributed by atoms with Gasteiger partial charge in [-0.2, -0.15) is 0 Å². The highest BCUT2D eigenvalue weighted by molar-refractivity contribution is 8.07. The first kappa shape index (κ1) is 14.0. The number of rotatable bonds is 6. The molecule has 0 aromatic rings. The molecule has 0 aliphatic rings. The van der Waals surface area contributed by atoms with E-state index in [2.05, 4.69) is 19.1 Å². The summed E-state index contributed by atoms with van der Waals surface area (Å²) in [6, 6.07) is 0. The van der Waals surface area contributed by atoms with E-state index in [0.29, 0.717) is 11.9 Å². The van der Waals surface area contributed by atoms with Gasteiger partial charge in [0.2, 0.25) is 6.56 Å². The van der Waals surface area contributed by atoms with Crippen LogP contribution in [-0.2, 0) is 0 Å². The summed E-state index contributed by atoms with van der Waals surface area (Å²) in [6.07, 6.45) is 3.66. The van der Waals surface area contributed by atoms with Crippen LogP contribution in [0.25, 0.3) is 0 Å². The molecule has 0 aromatic heterocycles. The molecular formula is C10H15BFN2S. The molecule has 2 nitrogen and oxygen atoms in total. The molecule has 81 valence electrons. The molecule has 0 aliphatic carbocycles. The van der Waals surface area contributed by atoms with E-state index in [1.165, 1.54) is 6.08 Å². The Balaban J connectivity index is 4.62. The molecule has 15 heavy (non-hydrogen) atoms. The van der Waals surface area contributed by atoms with Crippen molar-refractivity contribution in [3.63, 3.8) is 0 Å². The van der Waals surface area contributed by atoms with E-state index in [4.69, 9.17) is 11.1 Å². The average Bonchev–Trinajstić information content (AvgIpc) is 2.15. The largest absolute Gasteiger partial charge is 0.387 e. The zero-order chi connectivity index (χ0) is 11.8. The normalized spacial score (nSPS) is 12.5. The molecule has 0 bridgehead atoms. The maximum absolute atomic E-state index is 13.2. The lowest BCUT2D eigenvalue weighted by molar-refractivity contribution is 0.621. The third-order valence-corrected chi connectivity index (χ3v) is 1.98. The van der Waals surface area contributed by atoms with Crippen LogP contribution in [-0.4, -0.2) is 12.4 Å². The Kier molecular flexibility index (Phi) is 6.87. The second kappa shape index (κ2) is 7.34. The molecule has 0 rings (SSSR count). The van der Waals surface area contributed by atoms with Gasteiger partial charge in [-0.3, -0.25) is 5.41 Å². The van der Waals surface area contributed by atoms with Crippen molar-refractivity contribution in [2.75, 3.05) is 0 Å². The fourth-order valence-corrected chi connectivity index (χ4v) is 1.03. The van der Waals surface area contributed by atoms with E-state index in [-0.39, 0.29) is 12.3 Å². The maximum Gasteiger partial charge on any atom is 0.224 e. The summed E-state index contributed by atoms with van der Waals surface area (Å²) in [4.78, 5) is 0. The summed E-state index contributed by atoms with van der Waals surface area (Å²) in [5, 5.41) is 6.95. The number of thiol groups is 1. The third kappa shape index (κ3) is 7.02. The first-order valence-electron chi connectivity index (χ1n) is 4.55. The van der Waals surface area contributed by atoms with Crippen molar-refractivity contribution in [3.05, 3.63) is 35.6 Å². The molecule has 1 radical (unpaired) electrons. The Morgan fingerprint density at radius 1 is 1.60 bits per heavy atom. The van der Waals surface area contributed by atoms with E-state index in [1.807, 2.05) is 6.92 Å². The summed E-state index contributed by atoms with van der Waals surface area (Å²) in [5.41, 5.74) is 6.59. The number of halogens is 1. The van der Waals surface area contributed by atoms with Gasteiger partial charge in [-0.1, -0.05) is 18.5 Å². The van der Waals surface area contributed by atoms with Crippen LogP contribution in [0.2, 0.25) is 0 Å². The summed E-state index contributed by atoms with van der Waals surface area (Å²) < 4.78 is 13.2. The Bertz CT molecular complexity index is 311. The summed E-state index contributed by atoms with van der Waals surface area (Å²) in [7, 11) is 0. The topological polar surface area (TPSA) is 49.9 Å². The smallest absolute Gasteiger partial charge is 0.224 e. The molecule has 0 saturated heterocycles. The van der Waals surface area contributed by atoms with Crippen LogP contribution in [0.4, 0.5) is 4.39 Å². The highest BCUT2D eigenvalue weighted by atomic mass is 32.1. The van der Waals surface area contributed by atoms with Crippen molar-refractivity contribution >= 4 is 24.9 Å². The lowest BCUT2D eigenvalue weighted by Crippen LogP contribution is -2.08. The van der Waals surface area contributed by atoms with Crippen molar-refractivity contribution in [1.29, 1.82) is 5.41 Å². The predicted molar refractivity (Wildman–Crippen MR) is 68.0 cm³/mol. The monoisotopic (exact) mass is 225 g/mol. The van der Waals surface area contributed by atoms with Crippen molar-refractivity contribution in [2.24, 2.45) is 5.73 Å². The highest BCUT2D eigenvalue weighted by Crippen LogP contribution is 2.12. The summed E-state index contributed by atoms with van der Waals surface area (Å²) in [5.74, 6) is -0.596. The van der Waals surface area contributed by atoms with Crippen LogP contribution in [0.5, 0.6) is 0 Å². The molecule has 0 heterocycles. The van der Waals surface area contributed by atoms with Crippen LogP contribution < -0.4 is 5.73 Å². The molecule has 0 fully saturated rings. The number of nitrogens with one attached hydrogen (secondary N) is 1. The molecular weight excluding hydrogens is 210 g/mol. The standard InChI is InChI=1S/C10H15BFN2S/c1-3-8(4-7(2)11-15)5-9(12)6-10(13)14/h4-5,15H,2-3,6H2,1H3,(H3,13,14)/b8-4-,9-5+. The van der Waals surface area contributed by atoms with Crippen LogP contribution in [0.15, 0.2) is 35.6 Å². The van der Waals surface area contributed by atoms with Gasteiger partial charge >= 0.3 is 0 Å². The van der Waals surface area contributed by atoms with Gasteiger partial charge in [0.05, 0.1) is 12.3 Å². The Morgan fingerprint density at radius 2 is 2.20 bits per heavy atom. The van der Waals surface area contributed by atoms with Crippen LogP contribution >= 0.6 is 12.5 Å². The molecule has 0 spiro atoms. The van der Waals surface area contributed by atoms with Gasteiger partial charge in [0.15, 0.2) is 0 Å². The van der Waals surface area contributed by atoms with Crippen molar-refractivity contribution in [3.8, 4) is 0 Å². The number of nitrogens with two attached hydrogens (primary N) is 1. The minimum absolute atomic E-state index is 0.144. The zero-order valence-corrected chi connectivity index (χ0v) is 9.65. The number of hydrogen-bond donors (Lipinski definition) is 3. The van der Waals surface area contributed by atoms with Crippen LogP contribution in [0.1, 0.15) is 19.8 Å². The fourth-order valence-electron chi connectivity index (χ4n) is 0.955. The van der Waals surface area contributed by atoms with Gasteiger partial charge in [0, 0.05) is 0 Å². The maximum atomic E-state index is 13.2. The number of amidine groups is 1. The predicted octanol–water partition coefficient (Wildman–Crippen LogP) is 2.56. The molecule has 0 aromatic carbocycles. The molecule has 5 heteroatoms. The van der Waals surface area contributed by atoms with Gasteiger partial charge in [-0.05, 0) is 18.1 Å². The summed E-state index contributed by atoms with van der Waals surface area (Å²) in [6.45, 7) is 7.16. The number of allylic oxidation sites excluding steroid dienone is 4. The first-order valence-corrected chi connectivity index (χ1v) is 5.07. The second-order valence-corrected chi connectivity index (χ2v) is 3.33. The molecule has 0 saturated carbocycles. The fraction of sp³-hybridized carbons (Fsp3) is 0.300. The van der Waals surface area contributed by atoms with E-state index in [0.717, 1.165) is 5.57 Å². The summed E-state index contributed by atoms with van der Waals surface area (Å²) >= 11 is 3.94. The van der Waals surface area contributed by atoms with Gasteiger partial charge in [0.1, 0.15) is 5.83 Å².